The van der Waals surface area contributed by atoms with Gasteiger partial charge in [-0.25, -0.2) is 0 Å². The Labute approximate surface area is 110 Å². The molecule has 2 aromatic heterocycles. The quantitative estimate of drug-likeness (QED) is 0.827. The van der Waals surface area contributed by atoms with E-state index >= 15 is 0 Å². The average molecular weight is 257 g/mol. The molecule has 0 radical (unpaired) electrons. The molecule has 1 saturated carbocycles. The minimum Gasteiger partial charge on any atom is -0.459 e. The van der Waals surface area contributed by atoms with Gasteiger partial charge in [-0.05, 0) is 31.0 Å². The third-order valence-corrected chi connectivity index (χ3v) is 3.83. The molecule has 0 N–H and O–H groups in total. The first-order valence-electron chi connectivity index (χ1n) is 6.70. The molecule has 4 rings (SSSR count). The fourth-order valence-corrected chi connectivity index (χ4v) is 2.60. The number of nitrogens with zero attached hydrogens (tertiary/aromatic N) is 3. The molecule has 1 amide bonds. The fraction of sp³-hybridized carbons (Fsp3) is 0.429. The minimum absolute atomic E-state index is 0.0366. The minimum atomic E-state index is -0.0366. The van der Waals surface area contributed by atoms with Gasteiger partial charge >= 0.3 is 0 Å². The summed E-state index contributed by atoms with van der Waals surface area (Å²) in [4.78, 5) is 14.1. The zero-order valence-corrected chi connectivity index (χ0v) is 10.6. The number of carbonyl (C=O) groups excluding carboxylic acids is 1. The zero-order valence-electron chi connectivity index (χ0n) is 10.6. The molecular formula is C14H15N3O2. The second-order valence-corrected chi connectivity index (χ2v) is 5.26. The van der Waals surface area contributed by atoms with E-state index in [1.54, 1.807) is 12.1 Å². The Morgan fingerprint density at radius 3 is 3.00 bits per heavy atom. The van der Waals surface area contributed by atoms with Crippen molar-refractivity contribution in [1.82, 2.24) is 14.7 Å². The van der Waals surface area contributed by atoms with E-state index in [0.717, 1.165) is 12.2 Å². The number of hydrogen-bond acceptors (Lipinski definition) is 3. The van der Waals surface area contributed by atoms with Gasteiger partial charge in [0, 0.05) is 12.5 Å². The molecule has 1 aliphatic carbocycles. The van der Waals surface area contributed by atoms with Crippen LogP contribution in [-0.4, -0.2) is 27.1 Å². The molecule has 1 aliphatic heterocycles. The first kappa shape index (κ1) is 10.8. The Balaban J connectivity index is 1.56. The van der Waals surface area contributed by atoms with E-state index in [9.17, 15) is 4.79 Å². The highest BCUT2D eigenvalue weighted by atomic mass is 16.3. The highest BCUT2D eigenvalue weighted by molar-refractivity contribution is 5.91. The maximum atomic E-state index is 12.2. The highest BCUT2D eigenvalue weighted by Gasteiger charge is 2.30. The fourth-order valence-electron chi connectivity index (χ4n) is 2.60. The summed E-state index contributed by atoms with van der Waals surface area (Å²) in [6, 6.07) is 5.61. The van der Waals surface area contributed by atoms with E-state index in [1.165, 1.54) is 24.8 Å². The van der Waals surface area contributed by atoms with Crippen LogP contribution in [0.1, 0.15) is 40.7 Å². The van der Waals surface area contributed by atoms with Crippen LogP contribution in [0.3, 0.4) is 0 Å². The van der Waals surface area contributed by atoms with Gasteiger partial charge in [-0.3, -0.25) is 9.48 Å². The summed E-state index contributed by atoms with van der Waals surface area (Å²) in [6.07, 6.45) is 4.05. The van der Waals surface area contributed by atoms with Crippen molar-refractivity contribution in [1.29, 1.82) is 0 Å². The van der Waals surface area contributed by atoms with E-state index in [1.807, 2.05) is 9.58 Å². The van der Waals surface area contributed by atoms with Crippen LogP contribution in [0.2, 0.25) is 0 Å². The number of hydrogen-bond donors (Lipinski definition) is 0. The van der Waals surface area contributed by atoms with Crippen molar-refractivity contribution in [2.24, 2.45) is 0 Å². The molecule has 98 valence electrons. The van der Waals surface area contributed by atoms with Gasteiger partial charge < -0.3 is 9.32 Å². The lowest BCUT2D eigenvalue weighted by molar-refractivity contribution is 0.0673. The third kappa shape index (κ3) is 1.85. The molecule has 5 nitrogen and oxygen atoms in total. The number of fused-ring (bicyclic) bond motifs is 1. The molecule has 1 fully saturated rings. The Bertz CT molecular complexity index is 611. The van der Waals surface area contributed by atoms with Gasteiger partial charge in [-0.15, -0.1) is 0 Å². The van der Waals surface area contributed by atoms with Crippen LogP contribution in [0, 0.1) is 0 Å². The smallest absolute Gasteiger partial charge is 0.289 e. The monoisotopic (exact) mass is 257 g/mol. The van der Waals surface area contributed by atoms with Gasteiger partial charge in [0.15, 0.2) is 5.76 Å². The summed E-state index contributed by atoms with van der Waals surface area (Å²) in [5, 5.41) is 4.62. The molecule has 2 aliphatic rings. The Morgan fingerprint density at radius 2 is 2.26 bits per heavy atom. The van der Waals surface area contributed by atoms with Crippen LogP contribution in [-0.2, 0) is 13.1 Å². The molecule has 5 heteroatoms. The normalized spacial score (nSPS) is 18.4. The van der Waals surface area contributed by atoms with E-state index in [-0.39, 0.29) is 5.91 Å². The van der Waals surface area contributed by atoms with Crippen molar-refractivity contribution in [2.45, 2.75) is 31.8 Å². The largest absolute Gasteiger partial charge is 0.459 e. The van der Waals surface area contributed by atoms with Crippen LogP contribution in [0.15, 0.2) is 28.9 Å². The standard InChI is InChI=1S/C14H15N3O2/c18-14(13-2-1-7-19-13)16-5-6-17-11(9-16)8-12(15-17)10-3-4-10/h1-2,7-8,10H,3-6,9H2. The number of aromatic nitrogens is 2. The van der Waals surface area contributed by atoms with Gasteiger partial charge in [0.2, 0.25) is 0 Å². The van der Waals surface area contributed by atoms with E-state index in [0.29, 0.717) is 24.8 Å². The summed E-state index contributed by atoms with van der Waals surface area (Å²) in [5.41, 5.74) is 2.33. The second-order valence-electron chi connectivity index (χ2n) is 5.26. The molecule has 0 atom stereocenters. The Kier molecular flexibility index (Phi) is 2.27. The first-order chi connectivity index (χ1) is 9.31. The number of carbonyl (C=O) groups is 1. The summed E-state index contributed by atoms with van der Waals surface area (Å²) >= 11 is 0. The SMILES string of the molecule is O=C(c1ccco1)N1CCn2nc(C3CC3)cc2C1. The zero-order chi connectivity index (χ0) is 12.8. The van der Waals surface area contributed by atoms with Crippen LogP contribution < -0.4 is 0 Å². The summed E-state index contributed by atoms with van der Waals surface area (Å²) in [6.45, 7) is 2.09. The Morgan fingerprint density at radius 1 is 1.37 bits per heavy atom. The van der Waals surface area contributed by atoms with Crippen LogP contribution >= 0.6 is 0 Å². The topological polar surface area (TPSA) is 51.3 Å². The van der Waals surface area contributed by atoms with Crippen molar-refractivity contribution in [3.05, 3.63) is 41.6 Å². The van der Waals surface area contributed by atoms with Gasteiger partial charge in [0.1, 0.15) is 0 Å². The molecule has 19 heavy (non-hydrogen) atoms. The van der Waals surface area contributed by atoms with Crippen molar-refractivity contribution in [3.8, 4) is 0 Å². The molecule has 0 aromatic carbocycles. The maximum absolute atomic E-state index is 12.2. The molecule has 3 heterocycles. The second kappa shape index (κ2) is 3.98. The molecular weight excluding hydrogens is 242 g/mol. The summed E-state index contributed by atoms with van der Waals surface area (Å²) < 4.78 is 7.22. The van der Waals surface area contributed by atoms with Gasteiger partial charge in [0.25, 0.3) is 5.91 Å². The lowest BCUT2D eigenvalue weighted by atomic mass is 10.2. The predicted octanol–water partition coefficient (Wildman–Crippen LogP) is 2.01. The van der Waals surface area contributed by atoms with Crippen molar-refractivity contribution in [2.75, 3.05) is 6.54 Å². The number of rotatable bonds is 2. The Hall–Kier alpha value is -2.04. The summed E-state index contributed by atoms with van der Waals surface area (Å²) in [5.74, 6) is 1.04. The lowest BCUT2D eigenvalue weighted by Crippen LogP contribution is -2.38. The van der Waals surface area contributed by atoms with Gasteiger partial charge in [-0.1, -0.05) is 0 Å². The first-order valence-corrected chi connectivity index (χ1v) is 6.70. The van der Waals surface area contributed by atoms with Crippen LogP contribution in [0.4, 0.5) is 0 Å². The predicted molar refractivity (Wildman–Crippen MR) is 67.7 cm³/mol. The van der Waals surface area contributed by atoms with Crippen LogP contribution in [0.5, 0.6) is 0 Å². The van der Waals surface area contributed by atoms with Crippen molar-refractivity contribution >= 4 is 5.91 Å². The number of furan rings is 1. The highest BCUT2D eigenvalue weighted by Crippen LogP contribution is 2.39. The van der Waals surface area contributed by atoms with E-state index in [4.69, 9.17) is 4.42 Å². The van der Waals surface area contributed by atoms with E-state index < -0.39 is 0 Å². The molecule has 0 unspecified atom stereocenters. The molecule has 0 bridgehead atoms. The average Bonchev–Trinajstić information content (AvgIpc) is 2.99. The van der Waals surface area contributed by atoms with E-state index in [2.05, 4.69) is 11.2 Å². The van der Waals surface area contributed by atoms with Crippen molar-refractivity contribution in [3.63, 3.8) is 0 Å². The van der Waals surface area contributed by atoms with Crippen LogP contribution in [0.25, 0.3) is 0 Å². The van der Waals surface area contributed by atoms with Crippen molar-refractivity contribution < 1.29 is 9.21 Å². The van der Waals surface area contributed by atoms with Gasteiger partial charge in [-0.2, -0.15) is 5.10 Å². The number of amides is 1. The molecule has 2 aromatic rings. The third-order valence-electron chi connectivity index (χ3n) is 3.83. The summed E-state index contributed by atoms with van der Waals surface area (Å²) in [7, 11) is 0. The lowest BCUT2D eigenvalue weighted by Gasteiger charge is -2.26. The van der Waals surface area contributed by atoms with Gasteiger partial charge in [0.05, 0.1) is 30.7 Å². The maximum Gasteiger partial charge on any atom is 0.289 e. The molecule has 0 saturated heterocycles. The molecule has 0 spiro atoms.